The minimum Gasteiger partial charge on any atom is -0.313 e. The minimum absolute atomic E-state index is 0.880. The second-order valence-corrected chi connectivity index (χ2v) is 4.55. The Morgan fingerprint density at radius 3 is 3.30 bits per heavy atom. The summed E-state index contributed by atoms with van der Waals surface area (Å²) in [5.41, 5.74) is 0. The molecule has 58 valence electrons. The fourth-order valence-electron chi connectivity index (χ4n) is 2.00. The SMILES string of the molecule is C1CSCC2CCC(C2)N1. The Morgan fingerprint density at radius 1 is 1.30 bits per heavy atom. The van der Waals surface area contributed by atoms with Gasteiger partial charge in [-0.25, -0.2) is 0 Å². The van der Waals surface area contributed by atoms with Crippen molar-refractivity contribution in [2.45, 2.75) is 25.3 Å². The first kappa shape index (κ1) is 6.99. The highest BCUT2D eigenvalue weighted by atomic mass is 32.2. The van der Waals surface area contributed by atoms with E-state index in [1.165, 1.54) is 37.3 Å². The molecule has 0 aromatic heterocycles. The van der Waals surface area contributed by atoms with Crippen molar-refractivity contribution in [2.75, 3.05) is 18.1 Å². The van der Waals surface area contributed by atoms with Crippen LogP contribution in [-0.2, 0) is 0 Å². The lowest BCUT2D eigenvalue weighted by atomic mass is 10.1. The van der Waals surface area contributed by atoms with Crippen molar-refractivity contribution in [1.29, 1.82) is 0 Å². The fraction of sp³-hybridized carbons (Fsp3) is 1.00. The molecule has 1 N–H and O–H groups in total. The maximum atomic E-state index is 3.59. The van der Waals surface area contributed by atoms with Gasteiger partial charge in [0.1, 0.15) is 0 Å². The predicted octanol–water partition coefficient (Wildman–Crippen LogP) is 1.49. The molecule has 0 spiro atoms. The van der Waals surface area contributed by atoms with Crippen LogP contribution in [0.4, 0.5) is 0 Å². The summed E-state index contributed by atoms with van der Waals surface area (Å²) >= 11 is 2.13. The van der Waals surface area contributed by atoms with Crippen LogP contribution < -0.4 is 5.32 Å². The molecule has 2 aliphatic rings. The lowest BCUT2D eigenvalue weighted by Gasteiger charge is -2.16. The molecule has 2 bridgehead atoms. The first-order valence-corrected chi connectivity index (χ1v) is 5.42. The van der Waals surface area contributed by atoms with Gasteiger partial charge in [-0.2, -0.15) is 11.8 Å². The highest BCUT2D eigenvalue weighted by Gasteiger charge is 2.25. The fourth-order valence-corrected chi connectivity index (χ4v) is 3.06. The molecule has 1 aliphatic heterocycles. The summed E-state index contributed by atoms with van der Waals surface area (Å²) in [7, 11) is 0. The molecule has 0 amide bonds. The van der Waals surface area contributed by atoms with Gasteiger partial charge in [-0.3, -0.25) is 0 Å². The molecule has 2 unspecified atom stereocenters. The van der Waals surface area contributed by atoms with E-state index in [9.17, 15) is 0 Å². The van der Waals surface area contributed by atoms with Crippen molar-refractivity contribution in [3.63, 3.8) is 0 Å². The zero-order valence-corrected chi connectivity index (χ0v) is 7.12. The summed E-state index contributed by atoms with van der Waals surface area (Å²) in [5.74, 6) is 3.80. The van der Waals surface area contributed by atoms with Gasteiger partial charge in [-0.05, 0) is 30.9 Å². The Labute approximate surface area is 67.0 Å². The molecule has 2 atom stereocenters. The monoisotopic (exact) mass is 157 g/mol. The van der Waals surface area contributed by atoms with Gasteiger partial charge in [0.25, 0.3) is 0 Å². The molecule has 1 nitrogen and oxygen atoms in total. The summed E-state index contributed by atoms with van der Waals surface area (Å²) in [4.78, 5) is 0. The normalized spacial score (nSPS) is 40.8. The molecular formula is C8H15NS. The van der Waals surface area contributed by atoms with E-state index in [1.54, 1.807) is 0 Å². The van der Waals surface area contributed by atoms with Crippen LogP contribution in [0.2, 0.25) is 0 Å². The van der Waals surface area contributed by atoms with Crippen molar-refractivity contribution < 1.29 is 0 Å². The molecule has 0 radical (unpaired) electrons. The maximum Gasteiger partial charge on any atom is 0.00704 e. The quantitative estimate of drug-likeness (QED) is 0.572. The molecule has 2 fully saturated rings. The first-order chi connectivity index (χ1) is 4.95. The molecule has 1 saturated heterocycles. The van der Waals surface area contributed by atoms with Crippen molar-refractivity contribution in [1.82, 2.24) is 5.32 Å². The third-order valence-corrected chi connectivity index (χ3v) is 3.77. The van der Waals surface area contributed by atoms with Crippen molar-refractivity contribution in [3.05, 3.63) is 0 Å². The number of nitrogens with one attached hydrogen (secondary N) is 1. The van der Waals surface area contributed by atoms with Crippen LogP contribution in [0.5, 0.6) is 0 Å². The Balaban J connectivity index is 1.91. The summed E-state index contributed by atoms with van der Waals surface area (Å²) in [6.07, 6.45) is 4.36. The summed E-state index contributed by atoms with van der Waals surface area (Å²) in [5, 5.41) is 3.59. The third kappa shape index (κ3) is 1.48. The van der Waals surface area contributed by atoms with Crippen LogP contribution in [0.1, 0.15) is 19.3 Å². The number of fused-ring (bicyclic) bond motifs is 2. The third-order valence-electron chi connectivity index (χ3n) is 2.57. The van der Waals surface area contributed by atoms with E-state index in [2.05, 4.69) is 17.1 Å². The molecule has 0 aromatic rings. The van der Waals surface area contributed by atoms with Crippen LogP contribution in [-0.4, -0.2) is 24.1 Å². The first-order valence-electron chi connectivity index (χ1n) is 4.26. The maximum absolute atomic E-state index is 3.59. The Morgan fingerprint density at radius 2 is 2.30 bits per heavy atom. The molecule has 2 heteroatoms. The van der Waals surface area contributed by atoms with Gasteiger partial charge in [0.2, 0.25) is 0 Å². The van der Waals surface area contributed by atoms with E-state index >= 15 is 0 Å². The highest BCUT2D eigenvalue weighted by Crippen LogP contribution is 2.29. The smallest absolute Gasteiger partial charge is 0.00704 e. The topological polar surface area (TPSA) is 12.0 Å². The van der Waals surface area contributed by atoms with E-state index in [0.29, 0.717) is 0 Å². The molecule has 1 heterocycles. The van der Waals surface area contributed by atoms with E-state index in [0.717, 1.165) is 12.0 Å². The summed E-state index contributed by atoms with van der Waals surface area (Å²) in [6, 6.07) is 0.880. The highest BCUT2D eigenvalue weighted by molar-refractivity contribution is 7.99. The second-order valence-electron chi connectivity index (χ2n) is 3.41. The molecule has 0 aromatic carbocycles. The van der Waals surface area contributed by atoms with Crippen LogP contribution in [0, 0.1) is 5.92 Å². The Kier molecular flexibility index (Phi) is 2.19. The van der Waals surface area contributed by atoms with Crippen LogP contribution in [0.15, 0.2) is 0 Å². The number of hydrogen-bond acceptors (Lipinski definition) is 2. The van der Waals surface area contributed by atoms with Gasteiger partial charge in [-0.1, -0.05) is 0 Å². The average Bonchev–Trinajstić information content (AvgIpc) is 2.30. The van der Waals surface area contributed by atoms with Crippen LogP contribution in [0.25, 0.3) is 0 Å². The predicted molar refractivity (Wildman–Crippen MR) is 46.5 cm³/mol. The molecular weight excluding hydrogens is 142 g/mol. The van der Waals surface area contributed by atoms with Crippen LogP contribution in [0.3, 0.4) is 0 Å². The largest absolute Gasteiger partial charge is 0.313 e. The lowest BCUT2D eigenvalue weighted by molar-refractivity contribution is 0.515. The lowest BCUT2D eigenvalue weighted by Crippen LogP contribution is -2.30. The number of thioether (sulfide) groups is 1. The van der Waals surface area contributed by atoms with E-state index in [1.807, 2.05) is 0 Å². The van der Waals surface area contributed by atoms with Gasteiger partial charge in [0.15, 0.2) is 0 Å². The molecule has 1 saturated carbocycles. The van der Waals surface area contributed by atoms with Crippen molar-refractivity contribution >= 4 is 11.8 Å². The summed E-state index contributed by atoms with van der Waals surface area (Å²) < 4.78 is 0. The molecule has 1 aliphatic carbocycles. The molecule has 2 rings (SSSR count). The van der Waals surface area contributed by atoms with Gasteiger partial charge in [-0.15, -0.1) is 0 Å². The van der Waals surface area contributed by atoms with Gasteiger partial charge < -0.3 is 5.32 Å². The standard InChI is InChI=1S/C8H15NS/c1-2-8-5-7(1)6-10-4-3-9-8/h7-9H,1-6H2. The zero-order chi connectivity index (χ0) is 6.81. The van der Waals surface area contributed by atoms with Crippen molar-refractivity contribution in [2.24, 2.45) is 5.92 Å². The van der Waals surface area contributed by atoms with Gasteiger partial charge in [0.05, 0.1) is 0 Å². The number of hydrogen-bond donors (Lipinski definition) is 1. The van der Waals surface area contributed by atoms with E-state index in [4.69, 9.17) is 0 Å². The second kappa shape index (κ2) is 3.14. The Bertz CT molecular complexity index is 104. The minimum atomic E-state index is 0.880. The zero-order valence-electron chi connectivity index (χ0n) is 6.31. The van der Waals surface area contributed by atoms with Gasteiger partial charge in [0, 0.05) is 18.3 Å². The Hall–Kier alpha value is 0.310. The van der Waals surface area contributed by atoms with E-state index in [-0.39, 0.29) is 0 Å². The van der Waals surface area contributed by atoms with E-state index < -0.39 is 0 Å². The molecule has 10 heavy (non-hydrogen) atoms. The van der Waals surface area contributed by atoms with Crippen molar-refractivity contribution in [3.8, 4) is 0 Å². The van der Waals surface area contributed by atoms with Crippen LogP contribution >= 0.6 is 11.8 Å². The summed E-state index contributed by atoms with van der Waals surface area (Å²) in [6.45, 7) is 1.24. The average molecular weight is 157 g/mol. The number of rotatable bonds is 0. The van der Waals surface area contributed by atoms with Gasteiger partial charge >= 0.3 is 0 Å².